The lowest BCUT2D eigenvalue weighted by atomic mass is 9.94. The molecule has 63 heavy (non-hydrogen) atoms. The molecule has 6 amide bonds. The summed E-state index contributed by atoms with van der Waals surface area (Å²) < 4.78 is 64.6. The Labute approximate surface area is 356 Å². The predicted molar refractivity (Wildman–Crippen MR) is 220 cm³/mol. The van der Waals surface area contributed by atoms with Gasteiger partial charge in [-0.3, -0.25) is 48.8 Å². The fourth-order valence-corrected chi connectivity index (χ4v) is 7.44. The van der Waals surface area contributed by atoms with Gasteiger partial charge in [0, 0.05) is 43.7 Å². The molecule has 0 saturated carbocycles. The number of carbonyl (C=O) groups is 7. The van der Waals surface area contributed by atoms with Crippen LogP contribution >= 0.6 is 0 Å². The van der Waals surface area contributed by atoms with Crippen molar-refractivity contribution < 1.29 is 55.9 Å². The fraction of sp³-hybridized carbons (Fsp3) is 0.244. The summed E-state index contributed by atoms with van der Waals surface area (Å²) in [5.74, 6) is -5.47. The van der Waals surface area contributed by atoms with Crippen LogP contribution < -0.4 is 26.0 Å². The van der Waals surface area contributed by atoms with Crippen molar-refractivity contribution >= 4 is 63.5 Å². The van der Waals surface area contributed by atoms with Gasteiger partial charge in [0.15, 0.2) is 5.78 Å². The van der Waals surface area contributed by atoms with Gasteiger partial charge in [-0.05, 0) is 78.9 Å². The third-order valence-electron chi connectivity index (χ3n) is 10.6. The zero-order valence-electron chi connectivity index (χ0n) is 33.5. The second-order valence-electron chi connectivity index (χ2n) is 14.7. The SMILES string of the molecule is CNC(=O)c1cnc2cc(C(F)(F)F)c(-c3ccc(C(=O)NCCCCCC(=O)COc4cccc5c4C(=O)N(C4CCC(=O)NC4=O)C5=O)c(F)c3)cc2c1Nc1ccccc1. The van der Waals surface area contributed by atoms with Crippen LogP contribution in [0.4, 0.5) is 28.9 Å². The normalized spacial score (nSPS) is 14.9. The minimum atomic E-state index is -4.88. The number of fused-ring (bicyclic) bond motifs is 2. The number of imide groups is 2. The number of unbranched alkanes of at least 4 members (excludes halogenated alkanes) is 2. The van der Waals surface area contributed by atoms with Crippen LogP contribution in [0.3, 0.4) is 0 Å². The molecule has 1 unspecified atom stereocenters. The Kier molecular flexibility index (Phi) is 12.6. The summed E-state index contributed by atoms with van der Waals surface area (Å²) in [6.45, 7) is -0.312. The van der Waals surface area contributed by atoms with E-state index in [9.17, 15) is 46.7 Å². The number of hydrogen-bond donors (Lipinski definition) is 4. The molecule has 4 aromatic carbocycles. The second kappa shape index (κ2) is 18.2. The van der Waals surface area contributed by atoms with E-state index in [-0.39, 0.29) is 76.2 Å². The van der Waals surface area contributed by atoms with Gasteiger partial charge in [0.1, 0.15) is 24.2 Å². The number of nitrogens with zero attached hydrogens (tertiary/aromatic N) is 2. The summed E-state index contributed by atoms with van der Waals surface area (Å²) in [7, 11) is 1.40. The van der Waals surface area contributed by atoms with E-state index in [2.05, 4.69) is 26.3 Å². The quantitative estimate of drug-likeness (QED) is 0.0513. The van der Waals surface area contributed by atoms with Crippen LogP contribution in [-0.2, 0) is 20.6 Å². The molecule has 2 aliphatic rings. The van der Waals surface area contributed by atoms with E-state index in [4.69, 9.17) is 4.74 Å². The molecule has 1 fully saturated rings. The number of amides is 6. The van der Waals surface area contributed by atoms with Crippen molar-refractivity contribution in [2.24, 2.45) is 0 Å². The van der Waals surface area contributed by atoms with Gasteiger partial charge in [-0.25, -0.2) is 4.39 Å². The van der Waals surface area contributed by atoms with Crippen molar-refractivity contribution in [2.45, 2.75) is 50.7 Å². The highest BCUT2D eigenvalue weighted by Gasteiger charge is 2.46. The van der Waals surface area contributed by atoms with E-state index in [1.807, 2.05) is 0 Å². The third-order valence-corrected chi connectivity index (χ3v) is 10.6. The molecule has 2 aliphatic heterocycles. The topological polar surface area (TPSA) is 193 Å². The molecule has 0 spiro atoms. The number of nitrogens with one attached hydrogen (secondary N) is 4. The van der Waals surface area contributed by atoms with Gasteiger partial charge in [0.05, 0.1) is 39.0 Å². The number of anilines is 2. The van der Waals surface area contributed by atoms with Crippen molar-refractivity contribution in [2.75, 3.05) is 25.5 Å². The Morgan fingerprint density at radius 3 is 2.37 bits per heavy atom. The number of ketones is 1. The second-order valence-corrected chi connectivity index (χ2v) is 14.7. The minimum Gasteiger partial charge on any atom is -0.485 e. The maximum Gasteiger partial charge on any atom is 0.417 e. The highest BCUT2D eigenvalue weighted by atomic mass is 19.4. The molecule has 0 radical (unpaired) electrons. The number of piperidine rings is 1. The lowest BCUT2D eigenvalue weighted by Gasteiger charge is -2.27. The van der Waals surface area contributed by atoms with Gasteiger partial charge in [0.2, 0.25) is 11.8 Å². The molecular weight excluding hydrogens is 829 g/mol. The summed E-state index contributed by atoms with van der Waals surface area (Å²) in [4.78, 5) is 93.6. The van der Waals surface area contributed by atoms with Crippen LogP contribution in [-0.4, -0.2) is 77.4 Å². The van der Waals surface area contributed by atoms with E-state index in [0.717, 1.165) is 23.1 Å². The molecular formula is C45H38F4N6O8. The molecule has 7 rings (SSSR count). The van der Waals surface area contributed by atoms with Crippen molar-refractivity contribution in [3.05, 3.63) is 119 Å². The van der Waals surface area contributed by atoms with Crippen LogP contribution in [0, 0.1) is 5.82 Å². The number of alkyl halides is 3. The summed E-state index contributed by atoms with van der Waals surface area (Å²) >= 11 is 0. The minimum absolute atomic E-state index is 0.00550. The van der Waals surface area contributed by atoms with E-state index >= 15 is 4.39 Å². The van der Waals surface area contributed by atoms with Crippen LogP contribution in [0.5, 0.6) is 5.75 Å². The summed E-state index contributed by atoms with van der Waals surface area (Å²) in [5.41, 5.74) is -1.43. The first kappa shape index (κ1) is 43.6. The van der Waals surface area contributed by atoms with E-state index in [0.29, 0.717) is 24.9 Å². The van der Waals surface area contributed by atoms with E-state index in [1.165, 1.54) is 43.6 Å². The Bertz CT molecular complexity index is 2690. The number of hydrogen-bond acceptors (Lipinski definition) is 10. The number of benzene rings is 4. The summed E-state index contributed by atoms with van der Waals surface area (Å²) in [5, 5.41) is 10.5. The lowest BCUT2D eigenvalue weighted by Crippen LogP contribution is -2.54. The zero-order valence-corrected chi connectivity index (χ0v) is 33.5. The molecule has 3 heterocycles. The first-order valence-electron chi connectivity index (χ1n) is 19.8. The van der Waals surface area contributed by atoms with Crippen LogP contribution in [0.25, 0.3) is 22.0 Å². The average molecular weight is 867 g/mol. The van der Waals surface area contributed by atoms with E-state index < -0.39 is 76.8 Å². The largest absolute Gasteiger partial charge is 0.485 e. The third kappa shape index (κ3) is 9.24. The molecule has 1 atom stereocenters. The number of halogens is 4. The highest BCUT2D eigenvalue weighted by molar-refractivity contribution is 6.24. The Hall–Kier alpha value is -7.50. The molecule has 0 bridgehead atoms. The molecule has 4 N–H and O–H groups in total. The van der Waals surface area contributed by atoms with Crippen molar-refractivity contribution in [1.82, 2.24) is 25.8 Å². The molecule has 5 aromatic rings. The van der Waals surface area contributed by atoms with Crippen LogP contribution in [0.1, 0.15) is 85.5 Å². The number of ether oxygens (including phenoxy) is 1. The van der Waals surface area contributed by atoms with Gasteiger partial charge in [0.25, 0.3) is 23.6 Å². The molecule has 324 valence electrons. The monoisotopic (exact) mass is 866 g/mol. The van der Waals surface area contributed by atoms with Crippen LogP contribution in [0.15, 0.2) is 85.1 Å². The van der Waals surface area contributed by atoms with Crippen molar-refractivity contribution in [3.63, 3.8) is 0 Å². The zero-order chi connectivity index (χ0) is 45.0. The number of aromatic nitrogens is 1. The fourth-order valence-electron chi connectivity index (χ4n) is 7.44. The highest BCUT2D eigenvalue weighted by Crippen LogP contribution is 2.42. The van der Waals surface area contributed by atoms with Crippen LogP contribution in [0.2, 0.25) is 0 Å². The van der Waals surface area contributed by atoms with Gasteiger partial charge >= 0.3 is 6.18 Å². The summed E-state index contributed by atoms with van der Waals surface area (Å²) in [6.07, 6.45) is -2.41. The first-order chi connectivity index (χ1) is 30.2. The van der Waals surface area contributed by atoms with Gasteiger partial charge in [-0.2, -0.15) is 13.2 Å². The van der Waals surface area contributed by atoms with Gasteiger partial charge in [-0.1, -0.05) is 36.8 Å². The Morgan fingerprint density at radius 2 is 1.65 bits per heavy atom. The molecule has 14 nitrogen and oxygen atoms in total. The first-order valence-corrected chi connectivity index (χ1v) is 19.8. The van der Waals surface area contributed by atoms with Gasteiger partial charge in [-0.15, -0.1) is 0 Å². The number of carbonyl (C=O) groups excluding carboxylic acids is 7. The Morgan fingerprint density at radius 1 is 0.873 bits per heavy atom. The smallest absolute Gasteiger partial charge is 0.417 e. The summed E-state index contributed by atoms with van der Waals surface area (Å²) in [6, 6.07) is 16.9. The maximum absolute atomic E-state index is 15.5. The standard InChI is InChI=1S/C45H38F4N6O8/c1-50-40(58)31-22-52-34-21-32(45(47,48)49)29(20-30(34)39(31)53-25-9-4-2-5-10-25)24-14-15-27(33(46)19-24)41(59)51-18-7-3-6-11-26(56)23-63-36-13-8-12-28-38(36)44(62)55(43(28)61)35-16-17-37(57)54-42(35)60/h2,4-5,8-10,12-15,19-22,35H,3,6-7,11,16-18,23H2,1H3,(H,50,58)(H,51,59)(H,52,53)(H,54,57,60). The number of para-hydroxylation sites is 1. The maximum atomic E-state index is 15.5. The molecule has 1 aromatic heterocycles. The lowest BCUT2D eigenvalue weighted by molar-refractivity contribution is -0.137. The predicted octanol–water partition coefficient (Wildman–Crippen LogP) is 6.50. The molecule has 18 heteroatoms. The Balaban J connectivity index is 0.949. The molecule has 1 saturated heterocycles. The molecule has 0 aliphatic carbocycles. The van der Waals surface area contributed by atoms with Crippen molar-refractivity contribution in [1.29, 1.82) is 0 Å². The van der Waals surface area contributed by atoms with Gasteiger partial charge < -0.3 is 20.7 Å². The van der Waals surface area contributed by atoms with E-state index in [1.54, 1.807) is 30.3 Å². The number of Topliss-reactive ketones (excluding diaryl/α,β-unsaturated/α-hetero) is 1. The average Bonchev–Trinajstić information content (AvgIpc) is 3.52. The number of pyridine rings is 1. The number of rotatable bonds is 15. The van der Waals surface area contributed by atoms with Crippen molar-refractivity contribution in [3.8, 4) is 16.9 Å².